The fraction of sp³-hybridized carbons (Fsp3) is 0.636. The summed E-state index contributed by atoms with van der Waals surface area (Å²) < 4.78 is 0. The Morgan fingerprint density at radius 3 is 2.85 bits per heavy atom. The first-order valence-electron chi connectivity index (χ1n) is 5.09. The van der Waals surface area contributed by atoms with Gasteiger partial charge in [-0.3, -0.25) is 0 Å². The summed E-state index contributed by atoms with van der Waals surface area (Å²) in [6.07, 6.45) is 2.45. The second kappa shape index (κ2) is 3.81. The van der Waals surface area contributed by atoms with E-state index in [4.69, 9.17) is 0 Å². The van der Waals surface area contributed by atoms with Gasteiger partial charge >= 0.3 is 0 Å². The van der Waals surface area contributed by atoms with E-state index in [9.17, 15) is 0 Å². The van der Waals surface area contributed by atoms with Gasteiger partial charge in [-0.15, -0.1) is 11.3 Å². The highest BCUT2D eigenvalue weighted by Gasteiger charge is 2.12. The molecule has 0 atom stereocenters. The molecule has 1 nitrogen and oxygen atoms in total. The average Bonchev–Trinajstić information content (AvgIpc) is 2.38. The lowest BCUT2D eigenvalue weighted by atomic mass is 10.1. The van der Waals surface area contributed by atoms with Gasteiger partial charge in [0.1, 0.15) is 0 Å². The zero-order valence-corrected chi connectivity index (χ0v) is 9.21. The molecular weight excluding hydrogens is 178 g/mol. The van der Waals surface area contributed by atoms with E-state index in [1.165, 1.54) is 12.8 Å². The Kier molecular flexibility index (Phi) is 2.70. The van der Waals surface area contributed by atoms with Gasteiger partial charge in [-0.1, -0.05) is 13.8 Å². The number of nitrogens with one attached hydrogen (secondary N) is 1. The molecule has 1 aromatic rings. The fourth-order valence-corrected chi connectivity index (χ4v) is 2.96. The molecule has 0 radical (unpaired) electrons. The molecule has 72 valence electrons. The topological polar surface area (TPSA) is 12.0 Å². The first-order chi connectivity index (χ1) is 6.27. The van der Waals surface area contributed by atoms with Gasteiger partial charge in [0.25, 0.3) is 0 Å². The van der Waals surface area contributed by atoms with Gasteiger partial charge in [-0.25, -0.2) is 0 Å². The molecule has 1 N–H and O–H groups in total. The maximum Gasteiger partial charge on any atom is 0.00933 e. The first-order valence-corrected chi connectivity index (χ1v) is 5.91. The molecule has 0 aliphatic carbocycles. The SMILES string of the molecule is CC(C)c1cc2c(s1)CCNCC2. The molecule has 13 heavy (non-hydrogen) atoms. The quantitative estimate of drug-likeness (QED) is 0.726. The van der Waals surface area contributed by atoms with Crippen LogP contribution in [0.2, 0.25) is 0 Å². The van der Waals surface area contributed by atoms with Crippen LogP contribution in [0.3, 0.4) is 0 Å². The molecule has 2 rings (SSSR count). The third-order valence-electron chi connectivity index (χ3n) is 2.58. The van der Waals surface area contributed by atoms with Crippen LogP contribution in [0, 0.1) is 0 Å². The summed E-state index contributed by atoms with van der Waals surface area (Å²) in [5, 5.41) is 3.44. The molecule has 0 aromatic carbocycles. The molecule has 0 unspecified atom stereocenters. The van der Waals surface area contributed by atoms with Gasteiger partial charge in [-0.05, 0) is 43.5 Å². The molecule has 0 bridgehead atoms. The third-order valence-corrected chi connectivity index (χ3v) is 4.12. The Morgan fingerprint density at radius 1 is 1.31 bits per heavy atom. The van der Waals surface area contributed by atoms with Crippen molar-refractivity contribution in [3.8, 4) is 0 Å². The lowest BCUT2D eigenvalue weighted by molar-refractivity contribution is 0.711. The van der Waals surface area contributed by atoms with Crippen molar-refractivity contribution < 1.29 is 0 Å². The van der Waals surface area contributed by atoms with Crippen LogP contribution in [0.5, 0.6) is 0 Å². The first kappa shape index (κ1) is 9.22. The molecule has 0 saturated heterocycles. The standard InChI is InChI=1S/C11H17NS/c1-8(2)11-7-9-3-5-12-6-4-10(9)13-11/h7-8,12H,3-6H2,1-2H3. The summed E-state index contributed by atoms with van der Waals surface area (Å²) >= 11 is 2.02. The molecule has 0 amide bonds. The Hall–Kier alpha value is -0.340. The number of hydrogen-bond acceptors (Lipinski definition) is 2. The maximum absolute atomic E-state index is 3.44. The zero-order chi connectivity index (χ0) is 9.26. The van der Waals surface area contributed by atoms with E-state index < -0.39 is 0 Å². The Bertz CT molecular complexity index is 265. The molecule has 1 aromatic heterocycles. The fourth-order valence-electron chi connectivity index (χ4n) is 1.75. The van der Waals surface area contributed by atoms with Crippen molar-refractivity contribution in [1.29, 1.82) is 0 Å². The normalized spacial score (nSPS) is 17.2. The van der Waals surface area contributed by atoms with E-state index in [0.29, 0.717) is 5.92 Å². The smallest absolute Gasteiger partial charge is 0.00933 e. The van der Waals surface area contributed by atoms with Gasteiger partial charge in [-0.2, -0.15) is 0 Å². The molecule has 2 heteroatoms. The van der Waals surface area contributed by atoms with Crippen LogP contribution < -0.4 is 5.32 Å². The predicted molar refractivity (Wildman–Crippen MR) is 58.7 cm³/mol. The number of fused-ring (bicyclic) bond motifs is 1. The number of thiophene rings is 1. The highest BCUT2D eigenvalue weighted by Crippen LogP contribution is 2.29. The highest BCUT2D eigenvalue weighted by atomic mass is 32.1. The summed E-state index contributed by atoms with van der Waals surface area (Å²) in [4.78, 5) is 3.18. The predicted octanol–water partition coefficient (Wildman–Crippen LogP) is 2.56. The second-order valence-electron chi connectivity index (χ2n) is 4.00. The highest BCUT2D eigenvalue weighted by molar-refractivity contribution is 7.12. The van der Waals surface area contributed by atoms with Crippen LogP contribution in [0.25, 0.3) is 0 Å². The summed E-state index contributed by atoms with van der Waals surface area (Å²) in [5.74, 6) is 0.699. The van der Waals surface area contributed by atoms with Crippen LogP contribution in [-0.4, -0.2) is 13.1 Å². The van der Waals surface area contributed by atoms with E-state index in [1.54, 1.807) is 15.3 Å². The van der Waals surface area contributed by atoms with Gasteiger partial charge in [0.15, 0.2) is 0 Å². The largest absolute Gasteiger partial charge is 0.316 e. The molecule has 0 spiro atoms. The third kappa shape index (κ3) is 1.94. The van der Waals surface area contributed by atoms with Gasteiger partial charge in [0.05, 0.1) is 0 Å². The van der Waals surface area contributed by atoms with Crippen molar-refractivity contribution in [3.63, 3.8) is 0 Å². The lowest BCUT2D eigenvalue weighted by Crippen LogP contribution is -2.16. The monoisotopic (exact) mass is 195 g/mol. The Balaban J connectivity index is 2.27. The van der Waals surface area contributed by atoms with Crippen LogP contribution in [0.4, 0.5) is 0 Å². The molecule has 1 aliphatic rings. The van der Waals surface area contributed by atoms with Gasteiger partial charge < -0.3 is 5.32 Å². The summed E-state index contributed by atoms with van der Waals surface area (Å²) in [5.41, 5.74) is 1.60. The molecule has 0 fully saturated rings. The molecular formula is C11H17NS. The molecule has 0 saturated carbocycles. The van der Waals surface area contributed by atoms with Crippen LogP contribution >= 0.6 is 11.3 Å². The van der Waals surface area contributed by atoms with E-state index >= 15 is 0 Å². The van der Waals surface area contributed by atoms with Crippen molar-refractivity contribution in [2.75, 3.05) is 13.1 Å². The van der Waals surface area contributed by atoms with E-state index in [2.05, 4.69) is 25.2 Å². The van der Waals surface area contributed by atoms with Crippen molar-refractivity contribution in [1.82, 2.24) is 5.32 Å². The van der Waals surface area contributed by atoms with Crippen molar-refractivity contribution >= 4 is 11.3 Å². The molecule has 1 aliphatic heterocycles. The van der Waals surface area contributed by atoms with Crippen LogP contribution in [0.15, 0.2) is 6.07 Å². The van der Waals surface area contributed by atoms with Gasteiger partial charge in [0.2, 0.25) is 0 Å². The second-order valence-corrected chi connectivity index (χ2v) is 5.17. The Morgan fingerprint density at radius 2 is 2.08 bits per heavy atom. The zero-order valence-electron chi connectivity index (χ0n) is 8.39. The number of rotatable bonds is 1. The summed E-state index contributed by atoms with van der Waals surface area (Å²) in [6.45, 7) is 6.87. The van der Waals surface area contributed by atoms with Crippen LogP contribution in [0.1, 0.15) is 35.1 Å². The minimum absolute atomic E-state index is 0.699. The summed E-state index contributed by atoms with van der Waals surface area (Å²) in [6, 6.07) is 2.41. The minimum atomic E-state index is 0.699. The lowest BCUT2D eigenvalue weighted by Gasteiger charge is -1.99. The van der Waals surface area contributed by atoms with E-state index in [0.717, 1.165) is 13.1 Å². The van der Waals surface area contributed by atoms with E-state index in [-0.39, 0.29) is 0 Å². The minimum Gasteiger partial charge on any atom is -0.316 e. The van der Waals surface area contributed by atoms with Crippen molar-refractivity contribution in [2.45, 2.75) is 32.6 Å². The van der Waals surface area contributed by atoms with Crippen LogP contribution in [-0.2, 0) is 12.8 Å². The molecule has 2 heterocycles. The van der Waals surface area contributed by atoms with Crippen molar-refractivity contribution in [3.05, 3.63) is 21.4 Å². The van der Waals surface area contributed by atoms with E-state index in [1.807, 2.05) is 11.3 Å². The maximum atomic E-state index is 3.44. The Labute approximate surface area is 84.2 Å². The summed E-state index contributed by atoms with van der Waals surface area (Å²) in [7, 11) is 0. The van der Waals surface area contributed by atoms with Gasteiger partial charge in [0, 0.05) is 9.75 Å². The van der Waals surface area contributed by atoms with Crippen molar-refractivity contribution in [2.24, 2.45) is 0 Å². The number of hydrogen-bond donors (Lipinski definition) is 1. The average molecular weight is 195 g/mol.